The van der Waals surface area contributed by atoms with Crippen LogP contribution in [0.25, 0.3) is 0 Å². The Labute approximate surface area is 177 Å². The van der Waals surface area contributed by atoms with Gasteiger partial charge in [-0.05, 0) is 22.3 Å². The van der Waals surface area contributed by atoms with Crippen LogP contribution in [0.4, 0.5) is 0 Å². The molecular weight excluding hydrogens is 368 g/mol. The van der Waals surface area contributed by atoms with E-state index >= 15 is 0 Å². The van der Waals surface area contributed by atoms with E-state index in [1.54, 1.807) is 0 Å². The second-order valence-corrected chi connectivity index (χ2v) is 7.60. The van der Waals surface area contributed by atoms with Gasteiger partial charge in [0.05, 0.1) is 6.61 Å². The zero-order valence-corrected chi connectivity index (χ0v) is 16.7. The summed E-state index contributed by atoms with van der Waals surface area (Å²) in [5, 5.41) is 0. The number of hydrogen-bond donors (Lipinski definition) is 0. The van der Waals surface area contributed by atoms with Gasteiger partial charge < -0.3 is 9.47 Å². The summed E-state index contributed by atoms with van der Waals surface area (Å²) in [6, 6.07) is 41.8. The molecule has 2 nitrogen and oxygen atoms in total. The van der Waals surface area contributed by atoms with Crippen LogP contribution in [0.2, 0.25) is 0 Å². The highest BCUT2D eigenvalue weighted by Crippen LogP contribution is 2.44. The Morgan fingerprint density at radius 2 is 0.967 bits per heavy atom. The minimum absolute atomic E-state index is 0.0583. The molecule has 5 rings (SSSR count). The highest BCUT2D eigenvalue weighted by molar-refractivity contribution is 5.47. The van der Waals surface area contributed by atoms with Crippen molar-refractivity contribution in [3.63, 3.8) is 0 Å². The van der Waals surface area contributed by atoms with Gasteiger partial charge in [0.1, 0.15) is 17.8 Å². The van der Waals surface area contributed by atoms with Crippen molar-refractivity contribution in [3.8, 4) is 0 Å². The minimum Gasteiger partial charge on any atom is -0.362 e. The first-order valence-electron chi connectivity index (χ1n) is 10.4. The Balaban J connectivity index is 1.53. The standard InChI is InChI=1S/C28H24O2/c1-5-13-22(14-6-1)27-26(30-27)21-29-28(23-15-7-2-8-16-23,24-17-9-3-10-18-24)25-19-11-4-12-20-25/h1-20,26-27H,21H2. The molecule has 1 fully saturated rings. The zero-order chi connectivity index (χ0) is 20.2. The van der Waals surface area contributed by atoms with E-state index in [1.165, 1.54) is 5.56 Å². The van der Waals surface area contributed by atoms with Gasteiger partial charge in [-0.2, -0.15) is 0 Å². The van der Waals surface area contributed by atoms with Gasteiger partial charge >= 0.3 is 0 Å². The molecule has 2 heteroatoms. The third-order valence-corrected chi connectivity index (χ3v) is 5.72. The smallest absolute Gasteiger partial charge is 0.143 e. The van der Waals surface area contributed by atoms with Crippen LogP contribution in [-0.4, -0.2) is 12.7 Å². The zero-order valence-electron chi connectivity index (χ0n) is 16.7. The fourth-order valence-electron chi connectivity index (χ4n) is 4.18. The average Bonchev–Trinajstić information content (AvgIpc) is 3.62. The number of epoxide rings is 1. The Morgan fingerprint density at radius 1 is 0.567 bits per heavy atom. The summed E-state index contributed by atoms with van der Waals surface area (Å²) >= 11 is 0. The molecule has 30 heavy (non-hydrogen) atoms. The van der Waals surface area contributed by atoms with E-state index < -0.39 is 5.60 Å². The first-order chi connectivity index (χ1) is 14.9. The third-order valence-electron chi connectivity index (χ3n) is 5.72. The van der Waals surface area contributed by atoms with Crippen LogP contribution >= 0.6 is 0 Å². The van der Waals surface area contributed by atoms with Crippen molar-refractivity contribution in [1.82, 2.24) is 0 Å². The van der Waals surface area contributed by atoms with Crippen molar-refractivity contribution in [2.75, 3.05) is 6.61 Å². The summed E-state index contributed by atoms with van der Waals surface area (Å²) in [5.74, 6) is 0. The summed E-state index contributed by atoms with van der Waals surface area (Å²) in [6.07, 6.45) is 0.161. The molecule has 0 amide bonds. The molecule has 0 bridgehead atoms. The van der Waals surface area contributed by atoms with E-state index in [9.17, 15) is 0 Å². The lowest BCUT2D eigenvalue weighted by Gasteiger charge is -2.35. The average molecular weight is 392 g/mol. The number of rotatable bonds is 7. The van der Waals surface area contributed by atoms with E-state index in [-0.39, 0.29) is 12.2 Å². The lowest BCUT2D eigenvalue weighted by molar-refractivity contribution is 0.00427. The van der Waals surface area contributed by atoms with Crippen molar-refractivity contribution in [3.05, 3.63) is 144 Å². The third kappa shape index (κ3) is 3.56. The van der Waals surface area contributed by atoms with Gasteiger partial charge in [-0.3, -0.25) is 0 Å². The minimum atomic E-state index is -0.697. The molecule has 1 heterocycles. The number of benzene rings is 4. The molecule has 2 atom stereocenters. The van der Waals surface area contributed by atoms with Crippen molar-refractivity contribution in [1.29, 1.82) is 0 Å². The van der Waals surface area contributed by atoms with Crippen molar-refractivity contribution < 1.29 is 9.47 Å². The molecule has 0 aromatic heterocycles. The maximum atomic E-state index is 6.84. The summed E-state index contributed by atoms with van der Waals surface area (Å²) in [7, 11) is 0. The molecule has 4 aromatic rings. The first-order valence-corrected chi connectivity index (χ1v) is 10.4. The molecule has 0 spiro atoms. The number of ether oxygens (including phenoxy) is 2. The summed E-state index contributed by atoms with van der Waals surface area (Å²) in [6.45, 7) is 0.512. The van der Waals surface area contributed by atoms with E-state index in [0.717, 1.165) is 16.7 Å². The van der Waals surface area contributed by atoms with Crippen LogP contribution in [0, 0.1) is 0 Å². The fourth-order valence-corrected chi connectivity index (χ4v) is 4.18. The van der Waals surface area contributed by atoms with Gasteiger partial charge in [0.15, 0.2) is 0 Å². The van der Waals surface area contributed by atoms with Gasteiger partial charge in [-0.15, -0.1) is 0 Å². The number of hydrogen-bond acceptors (Lipinski definition) is 2. The SMILES string of the molecule is c1ccc(C2OC2COC(c2ccccc2)(c2ccccc2)c2ccccc2)cc1. The monoisotopic (exact) mass is 392 g/mol. The summed E-state index contributed by atoms with van der Waals surface area (Å²) in [5.41, 5.74) is 3.84. The van der Waals surface area contributed by atoms with Crippen molar-refractivity contribution >= 4 is 0 Å². The predicted molar refractivity (Wildman–Crippen MR) is 119 cm³/mol. The van der Waals surface area contributed by atoms with Gasteiger partial charge in [-0.1, -0.05) is 121 Å². The van der Waals surface area contributed by atoms with Crippen LogP contribution in [0.1, 0.15) is 28.4 Å². The van der Waals surface area contributed by atoms with Crippen LogP contribution in [0.5, 0.6) is 0 Å². The van der Waals surface area contributed by atoms with Crippen molar-refractivity contribution in [2.24, 2.45) is 0 Å². The molecule has 0 aliphatic carbocycles. The van der Waals surface area contributed by atoms with E-state index in [2.05, 4.69) is 97.1 Å². The second-order valence-electron chi connectivity index (χ2n) is 7.60. The largest absolute Gasteiger partial charge is 0.362 e. The molecular formula is C28H24O2. The normalized spacial score (nSPS) is 18.1. The molecule has 0 N–H and O–H groups in total. The highest BCUT2D eigenvalue weighted by atomic mass is 16.6. The topological polar surface area (TPSA) is 21.8 Å². The Bertz CT molecular complexity index is 966. The Hall–Kier alpha value is -3.20. The van der Waals surface area contributed by atoms with Crippen LogP contribution in [0.3, 0.4) is 0 Å². The molecule has 0 saturated carbocycles. The molecule has 1 aliphatic heterocycles. The Morgan fingerprint density at radius 3 is 1.40 bits per heavy atom. The van der Waals surface area contributed by atoms with Crippen LogP contribution in [-0.2, 0) is 15.1 Å². The first kappa shape index (κ1) is 18.8. The molecule has 148 valence electrons. The lowest BCUT2D eigenvalue weighted by atomic mass is 9.80. The maximum absolute atomic E-state index is 6.84. The molecule has 2 unspecified atom stereocenters. The predicted octanol–water partition coefficient (Wildman–Crippen LogP) is 6.14. The van der Waals surface area contributed by atoms with Gasteiger partial charge in [0.25, 0.3) is 0 Å². The summed E-state index contributed by atoms with van der Waals surface area (Å²) in [4.78, 5) is 0. The van der Waals surface area contributed by atoms with E-state index in [0.29, 0.717) is 6.61 Å². The van der Waals surface area contributed by atoms with Gasteiger partial charge in [-0.25, -0.2) is 0 Å². The van der Waals surface area contributed by atoms with Crippen molar-refractivity contribution in [2.45, 2.75) is 17.8 Å². The fraction of sp³-hybridized carbons (Fsp3) is 0.143. The van der Waals surface area contributed by atoms with E-state index in [1.807, 2.05) is 24.3 Å². The van der Waals surface area contributed by atoms with Crippen LogP contribution < -0.4 is 0 Å². The van der Waals surface area contributed by atoms with Crippen LogP contribution in [0.15, 0.2) is 121 Å². The second kappa shape index (κ2) is 8.27. The van der Waals surface area contributed by atoms with Gasteiger partial charge in [0, 0.05) is 0 Å². The quantitative estimate of drug-likeness (QED) is 0.278. The highest BCUT2D eigenvalue weighted by Gasteiger charge is 2.44. The Kier molecular flexibility index (Phi) is 5.18. The maximum Gasteiger partial charge on any atom is 0.143 e. The molecule has 4 aromatic carbocycles. The molecule has 0 radical (unpaired) electrons. The summed E-state index contributed by atoms with van der Waals surface area (Å²) < 4.78 is 12.8. The lowest BCUT2D eigenvalue weighted by Crippen LogP contribution is -2.34. The van der Waals surface area contributed by atoms with E-state index in [4.69, 9.17) is 9.47 Å². The molecule has 1 saturated heterocycles. The molecule has 1 aliphatic rings. The van der Waals surface area contributed by atoms with Gasteiger partial charge in [0.2, 0.25) is 0 Å².